The van der Waals surface area contributed by atoms with Crippen LogP contribution >= 0.6 is 0 Å². The van der Waals surface area contributed by atoms with E-state index in [0.717, 1.165) is 6.07 Å². The SMILES string of the molecule is CNC(C)CNS(=O)(=O)c1ccc(C)c([N+](=O)[O-])c1. The lowest BCUT2D eigenvalue weighted by molar-refractivity contribution is -0.385. The maximum atomic E-state index is 12.0. The lowest BCUT2D eigenvalue weighted by Crippen LogP contribution is -2.37. The minimum absolute atomic E-state index is 0.0322. The van der Waals surface area contributed by atoms with Gasteiger partial charge < -0.3 is 5.32 Å². The fourth-order valence-corrected chi connectivity index (χ4v) is 2.52. The van der Waals surface area contributed by atoms with Crippen LogP contribution in [0.5, 0.6) is 0 Å². The molecular weight excluding hydrogens is 270 g/mol. The number of nitro groups is 1. The molecule has 106 valence electrons. The molecule has 1 rings (SSSR count). The number of nitrogens with one attached hydrogen (secondary N) is 2. The third-order valence-electron chi connectivity index (χ3n) is 2.76. The van der Waals surface area contributed by atoms with Crippen molar-refractivity contribution in [3.8, 4) is 0 Å². The van der Waals surface area contributed by atoms with E-state index in [1.54, 1.807) is 14.0 Å². The van der Waals surface area contributed by atoms with Crippen LogP contribution in [-0.4, -0.2) is 33.0 Å². The third-order valence-corrected chi connectivity index (χ3v) is 4.18. The maximum absolute atomic E-state index is 12.0. The van der Waals surface area contributed by atoms with E-state index in [1.807, 2.05) is 6.92 Å². The second-order valence-corrected chi connectivity index (χ2v) is 6.01. The van der Waals surface area contributed by atoms with Crippen molar-refractivity contribution in [1.82, 2.24) is 10.0 Å². The minimum Gasteiger partial charge on any atom is -0.316 e. The van der Waals surface area contributed by atoms with E-state index in [9.17, 15) is 18.5 Å². The van der Waals surface area contributed by atoms with Gasteiger partial charge in [-0.25, -0.2) is 13.1 Å². The van der Waals surface area contributed by atoms with Gasteiger partial charge in [-0.05, 0) is 27.0 Å². The predicted molar refractivity (Wildman–Crippen MR) is 71.5 cm³/mol. The molecule has 0 aliphatic carbocycles. The van der Waals surface area contributed by atoms with Crippen LogP contribution in [0.3, 0.4) is 0 Å². The van der Waals surface area contributed by atoms with Gasteiger partial charge >= 0.3 is 0 Å². The molecule has 1 aromatic rings. The molecule has 7 nitrogen and oxygen atoms in total. The molecule has 1 unspecified atom stereocenters. The summed E-state index contributed by atoms with van der Waals surface area (Å²) in [5.74, 6) is 0. The summed E-state index contributed by atoms with van der Waals surface area (Å²) in [6.07, 6.45) is 0. The highest BCUT2D eigenvalue weighted by Crippen LogP contribution is 2.21. The van der Waals surface area contributed by atoms with E-state index in [4.69, 9.17) is 0 Å². The first-order valence-corrected chi connectivity index (χ1v) is 7.18. The predicted octanol–water partition coefficient (Wildman–Crippen LogP) is 0.789. The summed E-state index contributed by atoms with van der Waals surface area (Å²) in [7, 11) is -2.01. The van der Waals surface area contributed by atoms with Crippen LogP contribution in [0.1, 0.15) is 12.5 Å². The van der Waals surface area contributed by atoms with E-state index in [2.05, 4.69) is 10.0 Å². The molecule has 0 spiro atoms. The highest BCUT2D eigenvalue weighted by atomic mass is 32.2. The number of hydrogen-bond acceptors (Lipinski definition) is 5. The summed E-state index contributed by atoms with van der Waals surface area (Å²) in [5.41, 5.74) is 0.220. The maximum Gasteiger partial charge on any atom is 0.273 e. The zero-order valence-corrected chi connectivity index (χ0v) is 11.8. The van der Waals surface area contributed by atoms with Crippen LogP contribution in [0.2, 0.25) is 0 Å². The molecule has 0 saturated carbocycles. The molecule has 0 aliphatic rings. The van der Waals surface area contributed by atoms with Crippen LogP contribution in [-0.2, 0) is 10.0 Å². The number of nitrogens with zero attached hydrogens (tertiary/aromatic N) is 1. The molecule has 1 atom stereocenters. The van der Waals surface area contributed by atoms with Crippen molar-refractivity contribution >= 4 is 15.7 Å². The van der Waals surface area contributed by atoms with Gasteiger partial charge in [-0.1, -0.05) is 6.07 Å². The number of likely N-dealkylation sites (N-methyl/N-ethyl adjacent to an activating group) is 1. The van der Waals surface area contributed by atoms with Crippen molar-refractivity contribution in [3.05, 3.63) is 33.9 Å². The Labute approximate surface area is 112 Å². The van der Waals surface area contributed by atoms with Gasteiger partial charge in [-0.2, -0.15) is 0 Å². The zero-order valence-electron chi connectivity index (χ0n) is 11.0. The second-order valence-electron chi connectivity index (χ2n) is 4.25. The number of hydrogen-bond donors (Lipinski definition) is 2. The van der Waals surface area contributed by atoms with Crippen LogP contribution in [0.4, 0.5) is 5.69 Å². The number of rotatable bonds is 6. The van der Waals surface area contributed by atoms with E-state index >= 15 is 0 Å². The van der Waals surface area contributed by atoms with Gasteiger partial charge in [0.15, 0.2) is 0 Å². The molecule has 0 aromatic heterocycles. The molecule has 8 heteroatoms. The van der Waals surface area contributed by atoms with Gasteiger partial charge in [-0.3, -0.25) is 10.1 Å². The van der Waals surface area contributed by atoms with Crippen molar-refractivity contribution in [1.29, 1.82) is 0 Å². The fraction of sp³-hybridized carbons (Fsp3) is 0.455. The first-order valence-electron chi connectivity index (χ1n) is 5.70. The first-order chi connectivity index (χ1) is 8.77. The van der Waals surface area contributed by atoms with Gasteiger partial charge in [0.25, 0.3) is 5.69 Å². The van der Waals surface area contributed by atoms with Gasteiger partial charge in [0.1, 0.15) is 0 Å². The molecule has 0 saturated heterocycles. The summed E-state index contributed by atoms with van der Waals surface area (Å²) < 4.78 is 26.4. The highest BCUT2D eigenvalue weighted by Gasteiger charge is 2.19. The van der Waals surface area contributed by atoms with Crippen LogP contribution in [0.15, 0.2) is 23.1 Å². The van der Waals surface area contributed by atoms with Crippen molar-refractivity contribution in [2.75, 3.05) is 13.6 Å². The third kappa shape index (κ3) is 3.98. The number of sulfonamides is 1. The van der Waals surface area contributed by atoms with Gasteiger partial charge in [0.2, 0.25) is 10.0 Å². The average Bonchev–Trinajstić information content (AvgIpc) is 2.35. The highest BCUT2D eigenvalue weighted by molar-refractivity contribution is 7.89. The number of nitro benzene ring substituents is 1. The standard InChI is InChI=1S/C11H17N3O4S/c1-8-4-5-10(6-11(8)14(15)16)19(17,18)13-7-9(2)12-3/h4-6,9,12-13H,7H2,1-3H3. The summed E-state index contributed by atoms with van der Waals surface area (Å²) in [6, 6.07) is 3.82. The number of benzene rings is 1. The summed E-state index contributed by atoms with van der Waals surface area (Å²) in [6.45, 7) is 3.59. The molecule has 0 fully saturated rings. The molecular formula is C11H17N3O4S. The van der Waals surface area contributed by atoms with E-state index in [0.29, 0.717) is 5.56 Å². The van der Waals surface area contributed by atoms with E-state index in [1.165, 1.54) is 12.1 Å². The smallest absolute Gasteiger partial charge is 0.273 e. The Kier molecular flexibility index (Phi) is 4.98. The molecule has 0 aliphatic heterocycles. The quantitative estimate of drug-likeness (QED) is 0.595. The van der Waals surface area contributed by atoms with Crippen molar-refractivity contribution in [2.24, 2.45) is 0 Å². The second kappa shape index (κ2) is 6.09. The molecule has 19 heavy (non-hydrogen) atoms. The van der Waals surface area contributed by atoms with Gasteiger partial charge in [0, 0.05) is 24.2 Å². The van der Waals surface area contributed by atoms with Gasteiger partial charge in [-0.15, -0.1) is 0 Å². The minimum atomic E-state index is -3.73. The Balaban J connectivity index is 3.02. The molecule has 0 heterocycles. The Morgan fingerprint density at radius 3 is 2.58 bits per heavy atom. The molecule has 0 amide bonds. The zero-order chi connectivity index (χ0) is 14.6. The van der Waals surface area contributed by atoms with Crippen molar-refractivity contribution < 1.29 is 13.3 Å². The Hall–Kier alpha value is -1.51. The van der Waals surface area contributed by atoms with Crippen LogP contribution < -0.4 is 10.0 Å². The van der Waals surface area contributed by atoms with Crippen molar-refractivity contribution in [3.63, 3.8) is 0 Å². The topological polar surface area (TPSA) is 101 Å². The number of aryl methyl sites for hydroxylation is 1. The monoisotopic (exact) mass is 287 g/mol. The summed E-state index contributed by atoms with van der Waals surface area (Å²) in [4.78, 5) is 10.1. The van der Waals surface area contributed by atoms with Crippen molar-refractivity contribution in [2.45, 2.75) is 24.8 Å². The summed E-state index contributed by atoms with van der Waals surface area (Å²) in [5, 5.41) is 13.7. The molecule has 0 bridgehead atoms. The first kappa shape index (κ1) is 15.5. The molecule has 0 radical (unpaired) electrons. The lowest BCUT2D eigenvalue weighted by Gasteiger charge is -2.12. The Bertz CT molecular complexity index is 571. The summed E-state index contributed by atoms with van der Waals surface area (Å²) >= 11 is 0. The molecule has 2 N–H and O–H groups in total. The molecule has 1 aromatic carbocycles. The fourth-order valence-electron chi connectivity index (χ4n) is 1.37. The van der Waals surface area contributed by atoms with Gasteiger partial charge in [0.05, 0.1) is 9.82 Å². The average molecular weight is 287 g/mol. The van der Waals surface area contributed by atoms with Crippen LogP contribution in [0, 0.1) is 17.0 Å². The Morgan fingerprint density at radius 1 is 1.42 bits per heavy atom. The van der Waals surface area contributed by atoms with E-state index < -0.39 is 14.9 Å². The largest absolute Gasteiger partial charge is 0.316 e. The van der Waals surface area contributed by atoms with E-state index in [-0.39, 0.29) is 23.2 Å². The normalized spacial score (nSPS) is 13.2. The van der Waals surface area contributed by atoms with Crippen LogP contribution in [0.25, 0.3) is 0 Å². The Morgan fingerprint density at radius 2 is 2.05 bits per heavy atom. The lowest BCUT2D eigenvalue weighted by atomic mass is 10.2.